The normalized spacial score (nSPS) is 11.8. The van der Waals surface area contributed by atoms with Gasteiger partial charge in [-0.2, -0.15) is 10.1 Å². The fraction of sp³-hybridized carbons (Fsp3) is 0.278. The molecule has 0 saturated heterocycles. The van der Waals surface area contributed by atoms with Crippen molar-refractivity contribution < 1.29 is 14.3 Å². The molecule has 0 saturated carbocycles. The van der Waals surface area contributed by atoms with Crippen LogP contribution in [0.4, 0.5) is 0 Å². The molecule has 0 aliphatic carbocycles. The molecule has 7 nitrogen and oxygen atoms in total. The second kappa shape index (κ2) is 7.17. The number of allylic oxidation sites excluding steroid dienone is 1. The third-order valence-electron chi connectivity index (χ3n) is 4.03. The van der Waals surface area contributed by atoms with E-state index in [4.69, 9.17) is 9.47 Å². The Hall–Kier alpha value is -2.87. The van der Waals surface area contributed by atoms with E-state index in [-0.39, 0.29) is 5.91 Å². The summed E-state index contributed by atoms with van der Waals surface area (Å²) >= 11 is 1.40. The summed E-state index contributed by atoms with van der Waals surface area (Å²) in [4.78, 5) is 17.4. The number of ether oxygens (including phenoxy) is 2. The van der Waals surface area contributed by atoms with Crippen LogP contribution in [0.3, 0.4) is 0 Å². The van der Waals surface area contributed by atoms with Gasteiger partial charge in [-0.1, -0.05) is 17.4 Å². The van der Waals surface area contributed by atoms with Crippen molar-refractivity contribution in [1.29, 1.82) is 0 Å². The number of rotatable bonds is 5. The van der Waals surface area contributed by atoms with Gasteiger partial charge in [0.15, 0.2) is 22.0 Å². The van der Waals surface area contributed by atoms with Crippen LogP contribution in [0.15, 0.2) is 35.8 Å². The molecule has 0 fully saturated rings. The van der Waals surface area contributed by atoms with Gasteiger partial charge in [-0.15, -0.1) is 6.58 Å². The average molecular weight is 372 g/mol. The molecule has 26 heavy (non-hydrogen) atoms. The molecule has 0 spiro atoms. The fourth-order valence-electron chi connectivity index (χ4n) is 2.60. The highest BCUT2D eigenvalue weighted by Crippen LogP contribution is 2.33. The Kier molecular flexibility index (Phi) is 4.94. The zero-order valence-corrected chi connectivity index (χ0v) is 16.0. The number of fused-ring (bicyclic) bond motifs is 1. The highest BCUT2D eigenvalue weighted by atomic mass is 32.1. The molecule has 2 heterocycles. The van der Waals surface area contributed by atoms with Crippen LogP contribution < -0.4 is 14.3 Å². The highest BCUT2D eigenvalue weighted by Gasteiger charge is 2.14. The van der Waals surface area contributed by atoms with Crippen LogP contribution >= 0.6 is 11.3 Å². The van der Waals surface area contributed by atoms with Gasteiger partial charge < -0.3 is 14.0 Å². The molecule has 0 radical (unpaired) electrons. The minimum atomic E-state index is -0.378. The van der Waals surface area contributed by atoms with Crippen LogP contribution in [0, 0.1) is 6.92 Å². The van der Waals surface area contributed by atoms with Crippen molar-refractivity contribution in [1.82, 2.24) is 14.3 Å². The lowest BCUT2D eigenvalue weighted by molar-refractivity contribution is 0.0992. The molecule has 0 aliphatic rings. The minimum absolute atomic E-state index is 0.322. The van der Waals surface area contributed by atoms with Crippen molar-refractivity contribution in [2.45, 2.75) is 13.5 Å². The first-order chi connectivity index (χ1) is 12.5. The lowest BCUT2D eigenvalue weighted by Gasteiger charge is -2.08. The van der Waals surface area contributed by atoms with Gasteiger partial charge in [0.1, 0.15) is 0 Å². The summed E-state index contributed by atoms with van der Waals surface area (Å²) in [6.45, 7) is 6.20. The fourth-order valence-corrected chi connectivity index (χ4v) is 3.64. The second-order valence-corrected chi connectivity index (χ2v) is 6.68. The van der Waals surface area contributed by atoms with Crippen molar-refractivity contribution in [2.24, 2.45) is 12.0 Å². The number of hydrogen-bond acceptors (Lipinski definition) is 5. The van der Waals surface area contributed by atoms with Gasteiger partial charge in [0.25, 0.3) is 5.91 Å². The quantitative estimate of drug-likeness (QED) is 0.646. The molecule has 8 heteroatoms. The lowest BCUT2D eigenvalue weighted by Crippen LogP contribution is -2.16. The van der Waals surface area contributed by atoms with Crippen LogP contribution in [0.5, 0.6) is 11.5 Å². The summed E-state index contributed by atoms with van der Waals surface area (Å²) in [5.41, 5.74) is 2.12. The van der Waals surface area contributed by atoms with Gasteiger partial charge in [-0.3, -0.25) is 9.48 Å². The third kappa shape index (κ3) is 3.15. The van der Waals surface area contributed by atoms with Crippen LogP contribution in [-0.4, -0.2) is 34.5 Å². The summed E-state index contributed by atoms with van der Waals surface area (Å²) in [6.07, 6.45) is 1.76. The summed E-state index contributed by atoms with van der Waals surface area (Å²) in [6, 6.07) is 5.48. The lowest BCUT2D eigenvalue weighted by atomic mass is 10.3. The van der Waals surface area contributed by atoms with E-state index in [1.54, 1.807) is 38.1 Å². The highest BCUT2D eigenvalue weighted by molar-refractivity contribution is 7.16. The first kappa shape index (κ1) is 17.9. The van der Waals surface area contributed by atoms with Crippen LogP contribution in [0.25, 0.3) is 10.2 Å². The number of thiazole rings is 1. The maximum absolute atomic E-state index is 12.5. The summed E-state index contributed by atoms with van der Waals surface area (Å²) in [5.74, 6) is 0.871. The molecule has 0 bridgehead atoms. The molecule has 2 aromatic heterocycles. The number of hydrogen-bond donors (Lipinski definition) is 0. The topological polar surface area (TPSA) is 70.6 Å². The first-order valence-electron chi connectivity index (χ1n) is 7.94. The zero-order valence-electron chi connectivity index (χ0n) is 15.1. The molecule has 136 valence electrons. The second-order valence-electron chi connectivity index (χ2n) is 5.67. The predicted molar refractivity (Wildman–Crippen MR) is 101 cm³/mol. The number of benzene rings is 1. The van der Waals surface area contributed by atoms with E-state index < -0.39 is 0 Å². The van der Waals surface area contributed by atoms with Crippen LogP contribution in [-0.2, 0) is 13.6 Å². The standard InChI is InChI=1S/C18H20N4O3S/c1-6-7-22-13-9-14(24-4)15(25-5)10-16(13)26-18(22)19-17(23)12-8-11(2)21(3)20-12/h6,8-10H,1,7H2,2-5H3. The number of aryl methyl sites for hydroxylation is 2. The molecule has 0 atom stereocenters. The molecule has 0 unspecified atom stereocenters. The van der Waals surface area contributed by atoms with Crippen molar-refractivity contribution in [3.63, 3.8) is 0 Å². The summed E-state index contributed by atoms with van der Waals surface area (Å²) in [5, 5.41) is 4.20. The number of methoxy groups -OCH3 is 2. The van der Waals surface area contributed by atoms with E-state index in [1.807, 2.05) is 23.6 Å². The number of carbonyl (C=O) groups excluding carboxylic acids is 1. The van der Waals surface area contributed by atoms with E-state index in [2.05, 4.69) is 16.7 Å². The Morgan fingerprint density at radius 1 is 1.31 bits per heavy atom. The van der Waals surface area contributed by atoms with Gasteiger partial charge in [0.2, 0.25) is 0 Å². The van der Waals surface area contributed by atoms with Crippen molar-refractivity contribution in [3.05, 3.63) is 47.0 Å². The molecular weight excluding hydrogens is 352 g/mol. The van der Waals surface area contributed by atoms with E-state index in [1.165, 1.54) is 11.3 Å². The van der Waals surface area contributed by atoms with Crippen LogP contribution in [0.1, 0.15) is 16.2 Å². The summed E-state index contributed by atoms with van der Waals surface area (Å²) < 4.78 is 15.3. The summed E-state index contributed by atoms with van der Waals surface area (Å²) in [7, 11) is 4.97. The average Bonchev–Trinajstić information content (AvgIpc) is 3.14. The van der Waals surface area contributed by atoms with E-state index in [0.717, 1.165) is 15.9 Å². The third-order valence-corrected chi connectivity index (χ3v) is 5.07. The molecule has 1 amide bonds. The van der Waals surface area contributed by atoms with Gasteiger partial charge in [0.05, 0.1) is 24.4 Å². The molecule has 0 aliphatic heterocycles. The van der Waals surface area contributed by atoms with Gasteiger partial charge in [-0.25, -0.2) is 0 Å². The number of amides is 1. The predicted octanol–water partition coefficient (Wildman–Crippen LogP) is 2.69. The molecule has 3 aromatic rings. The maximum Gasteiger partial charge on any atom is 0.300 e. The van der Waals surface area contributed by atoms with Gasteiger partial charge in [-0.05, 0) is 13.0 Å². The Labute approximate surface area is 154 Å². The Bertz CT molecular complexity index is 1040. The minimum Gasteiger partial charge on any atom is -0.493 e. The smallest absolute Gasteiger partial charge is 0.300 e. The molecule has 3 rings (SSSR count). The molecule has 0 N–H and O–H groups in total. The number of nitrogens with zero attached hydrogens (tertiary/aromatic N) is 4. The number of aromatic nitrogens is 3. The van der Waals surface area contributed by atoms with Gasteiger partial charge in [0, 0.05) is 31.4 Å². The van der Waals surface area contributed by atoms with Crippen molar-refractivity contribution in [3.8, 4) is 11.5 Å². The van der Waals surface area contributed by atoms with Crippen molar-refractivity contribution in [2.75, 3.05) is 14.2 Å². The van der Waals surface area contributed by atoms with E-state index in [0.29, 0.717) is 28.5 Å². The largest absolute Gasteiger partial charge is 0.493 e. The zero-order chi connectivity index (χ0) is 18.8. The Morgan fingerprint density at radius 2 is 2.00 bits per heavy atom. The molecular formula is C18H20N4O3S. The monoisotopic (exact) mass is 372 g/mol. The van der Waals surface area contributed by atoms with E-state index >= 15 is 0 Å². The first-order valence-corrected chi connectivity index (χ1v) is 8.76. The van der Waals surface area contributed by atoms with Crippen molar-refractivity contribution >= 4 is 27.5 Å². The van der Waals surface area contributed by atoms with Gasteiger partial charge >= 0.3 is 0 Å². The SMILES string of the molecule is C=CCn1c(=NC(=O)c2cc(C)n(C)n2)sc2cc(OC)c(OC)cc21. The molecule has 1 aromatic carbocycles. The maximum atomic E-state index is 12.5. The Balaban J connectivity index is 2.19. The Morgan fingerprint density at radius 3 is 2.58 bits per heavy atom. The number of carbonyl (C=O) groups is 1. The van der Waals surface area contributed by atoms with Crippen LogP contribution in [0.2, 0.25) is 0 Å². The van der Waals surface area contributed by atoms with E-state index in [9.17, 15) is 4.79 Å².